The third-order valence-corrected chi connectivity index (χ3v) is 2.15. The van der Waals surface area contributed by atoms with Crippen molar-refractivity contribution in [2.75, 3.05) is 13.7 Å². The second kappa shape index (κ2) is 5.96. The molecule has 1 rings (SSSR count). The van der Waals surface area contributed by atoms with Gasteiger partial charge in [0.15, 0.2) is 5.56 Å². The number of nitriles is 1. The molecule has 1 aromatic rings. The van der Waals surface area contributed by atoms with Crippen LogP contribution < -0.4 is 9.47 Å². The van der Waals surface area contributed by atoms with Crippen LogP contribution in [0.4, 0.5) is 0 Å². The van der Waals surface area contributed by atoms with Gasteiger partial charge in [-0.1, -0.05) is 13.3 Å². The van der Waals surface area contributed by atoms with Gasteiger partial charge in [-0.2, -0.15) is 5.26 Å². The zero-order valence-electron chi connectivity index (χ0n) is 9.91. The molecule has 16 heavy (non-hydrogen) atoms. The van der Waals surface area contributed by atoms with E-state index in [9.17, 15) is 0 Å². The van der Waals surface area contributed by atoms with Gasteiger partial charge in [-0.3, -0.25) is 0 Å². The van der Waals surface area contributed by atoms with Crippen LogP contribution in [0.5, 0.6) is 11.6 Å². The summed E-state index contributed by atoms with van der Waals surface area (Å²) < 4.78 is 10.6. The molecule has 0 saturated carbocycles. The van der Waals surface area contributed by atoms with E-state index in [1.165, 1.54) is 7.11 Å². The summed E-state index contributed by atoms with van der Waals surface area (Å²) in [7, 11) is 1.53. The lowest BCUT2D eigenvalue weighted by molar-refractivity contribution is 0.293. The van der Waals surface area contributed by atoms with Crippen LogP contribution in [0.15, 0.2) is 6.07 Å². The number of pyridine rings is 1. The molecular weight excluding hydrogens is 204 g/mol. The van der Waals surface area contributed by atoms with Crippen LogP contribution in [0, 0.1) is 18.3 Å². The molecule has 0 bridgehead atoms. The Kier molecular flexibility index (Phi) is 4.59. The maximum atomic E-state index is 9.03. The minimum atomic E-state index is 0.365. The monoisotopic (exact) mass is 220 g/mol. The van der Waals surface area contributed by atoms with Crippen molar-refractivity contribution in [3.05, 3.63) is 17.3 Å². The van der Waals surface area contributed by atoms with E-state index in [2.05, 4.69) is 18.0 Å². The number of nitrogens with zero attached hydrogens (tertiary/aromatic N) is 2. The Labute approximate surface area is 95.8 Å². The Morgan fingerprint density at radius 3 is 2.81 bits per heavy atom. The fourth-order valence-electron chi connectivity index (χ4n) is 1.30. The van der Waals surface area contributed by atoms with Gasteiger partial charge in [0.25, 0.3) is 0 Å². The van der Waals surface area contributed by atoms with E-state index in [0.717, 1.165) is 18.5 Å². The van der Waals surface area contributed by atoms with Crippen molar-refractivity contribution in [2.45, 2.75) is 26.7 Å². The molecule has 1 aromatic heterocycles. The fraction of sp³-hybridized carbons (Fsp3) is 0.500. The van der Waals surface area contributed by atoms with Crippen LogP contribution in [0.2, 0.25) is 0 Å². The highest BCUT2D eigenvalue weighted by Gasteiger charge is 2.12. The first-order valence-electron chi connectivity index (χ1n) is 5.31. The summed E-state index contributed by atoms with van der Waals surface area (Å²) in [5.41, 5.74) is 1.14. The average Bonchev–Trinajstić information content (AvgIpc) is 2.28. The lowest BCUT2D eigenvalue weighted by Gasteiger charge is -2.10. The SMILES string of the molecule is CCCCOc1nc(C)cc(OC)c1C#N. The molecule has 4 nitrogen and oxygen atoms in total. The highest BCUT2D eigenvalue weighted by atomic mass is 16.5. The minimum absolute atomic E-state index is 0.365. The largest absolute Gasteiger partial charge is 0.495 e. The summed E-state index contributed by atoms with van der Waals surface area (Å²) in [6, 6.07) is 3.78. The molecule has 0 aliphatic rings. The van der Waals surface area contributed by atoms with E-state index in [4.69, 9.17) is 14.7 Å². The van der Waals surface area contributed by atoms with Crippen LogP contribution >= 0.6 is 0 Å². The second-order valence-corrected chi connectivity index (χ2v) is 3.46. The quantitative estimate of drug-likeness (QED) is 0.715. The summed E-state index contributed by atoms with van der Waals surface area (Å²) in [6.07, 6.45) is 1.99. The number of aryl methyl sites for hydroxylation is 1. The number of ether oxygens (including phenoxy) is 2. The number of methoxy groups -OCH3 is 1. The number of rotatable bonds is 5. The first-order chi connectivity index (χ1) is 7.72. The van der Waals surface area contributed by atoms with Crippen molar-refractivity contribution >= 4 is 0 Å². The first-order valence-corrected chi connectivity index (χ1v) is 5.31. The van der Waals surface area contributed by atoms with Crippen LogP contribution in [0.3, 0.4) is 0 Å². The Bertz CT molecular complexity index is 397. The van der Waals surface area contributed by atoms with E-state index in [-0.39, 0.29) is 0 Å². The van der Waals surface area contributed by atoms with Crippen molar-refractivity contribution in [3.8, 4) is 17.7 Å². The molecule has 0 atom stereocenters. The second-order valence-electron chi connectivity index (χ2n) is 3.46. The number of hydrogen-bond donors (Lipinski definition) is 0. The van der Waals surface area contributed by atoms with E-state index in [1.807, 2.05) is 6.92 Å². The highest BCUT2D eigenvalue weighted by Crippen LogP contribution is 2.26. The molecule has 0 radical (unpaired) electrons. The Balaban J connectivity index is 2.97. The van der Waals surface area contributed by atoms with Crippen molar-refractivity contribution in [3.63, 3.8) is 0 Å². The van der Waals surface area contributed by atoms with Gasteiger partial charge >= 0.3 is 0 Å². The maximum Gasteiger partial charge on any atom is 0.235 e. The van der Waals surface area contributed by atoms with E-state index >= 15 is 0 Å². The van der Waals surface area contributed by atoms with Crippen LogP contribution in [-0.4, -0.2) is 18.7 Å². The summed E-state index contributed by atoms with van der Waals surface area (Å²) in [4.78, 5) is 4.20. The van der Waals surface area contributed by atoms with Gasteiger partial charge in [0.05, 0.1) is 13.7 Å². The predicted octanol–water partition coefficient (Wildman–Crippen LogP) is 2.45. The van der Waals surface area contributed by atoms with Gasteiger partial charge in [0, 0.05) is 11.8 Å². The first kappa shape index (κ1) is 12.3. The highest BCUT2D eigenvalue weighted by molar-refractivity contribution is 5.50. The van der Waals surface area contributed by atoms with E-state index in [0.29, 0.717) is 23.8 Å². The molecule has 86 valence electrons. The maximum absolute atomic E-state index is 9.03. The Morgan fingerprint density at radius 1 is 1.50 bits per heavy atom. The Morgan fingerprint density at radius 2 is 2.25 bits per heavy atom. The van der Waals surface area contributed by atoms with Gasteiger partial charge in [-0.15, -0.1) is 0 Å². The van der Waals surface area contributed by atoms with Crippen LogP contribution in [0.25, 0.3) is 0 Å². The lowest BCUT2D eigenvalue weighted by atomic mass is 10.2. The van der Waals surface area contributed by atoms with Gasteiger partial charge in [0.1, 0.15) is 11.8 Å². The van der Waals surface area contributed by atoms with Gasteiger partial charge in [0.2, 0.25) is 5.88 Å². The standard InChI is InChI=1S/C12H16N2O2/c1-4-5-6-16-12-10(8-13)11(15-3)7-9(2)14-12/h7H,4-6H2,1-3H3. The molecule has 0 aliphatic heterocycles. The van der Waals surface area contributed by atoms with Crippen molar-refractivity contribution < 1.29 is 9.47 Å². The van der Waals surface area contributed by atoms with Crippen LogP contribution in [-0.2, 0) is 0 Å². The van der Waals surface area contributed by atoms with Gasteiger partial charge in [-0.25, -0.2) is 4.98 Å². The minimum Gasteiger partial charge on any atom is -0.495 e. The topological polar surface area (TPSA) is 55.1 Å². The van der Waals surface area contributed by atoms with Gasteiger partial charge in [-0.05, 0) is 13.3 Å². The van der Waals surface area contributed by atoms with E-state index in [1.54, 1.807) is 6.07 Å². The molecule has 0 saturated heterocycles. The molecule has 0 amide bonds. The molecule has 0 spiro atoms. The van der Waals surface area contributed by atoms with Crippen molar-refractivity contribution in [1.82, 2.24) is 4.98 Å². The normalized spacial score (nSPS) is 9.62. The molecule has 1 heterocycles. The average molecular weight is 220 g/mol. The summed E-state index contributed by atoms with van der Waals surface area (Å²) >= 11 is 0. The summed E-state index contributed by atoms with van der Waals surface area (Å²) in [5.74, 6) is 0.884. The lowest BCUT2D eigenvalue weighted by Crippen LogP contribution is -2.03. The van der Waals surface area contributed by atoms with Crippen molar-refractivity contribution in [2.24, 2.45) is 0 Å². The molecule has 0 aliphatic carbocycles. The number of aromatic nitrogens is 1. The van der Waals surface area contributed by atoms with Gasteiger partial charge < -0.3 is 9.47 Å². The number of unbranched alkanes of at least 4 members (excludes halogenated alkanes) is 1. The summed E-state index contributed by atoms with van der Waals surface area (Å²) in [5, 5.41) is 9.03. The van der Waals surface area contributed by atoms with Crippen LogP contribution in [0.1, 0.15) is 31.0 Å². The smallest absolute Gasteiger partial charge is 0.235 e. The molecule has 0 N–H and O–H groups in total. The third kappa shape index (κ3) is 2.86. The zero-order valence-corrected chi connectivity index (χ0v) is 9.91. The van der Waals surface area contributed by atoms with Crippen molar-refractivity contribution in [1.29, 1.82) is 5.26 Å². The molecule has 4 heteroatoms. The number of hydrogen-bond acceptors (Lipinski definition) is 4. The van der Waals surface area contributed by atoms with E-state index < -0.39 is 0 Å². The zero-order chi connectivity index (χ0) is 12.0. The molecule has 0 fully saturated rings. The fourth-order valence-corrected chi connectivity index (χ4v) is 1.30. The molecular formula is C12H16N2O2. The Hall–Kier alpha value is -1.76. The molecule has 0 unspecified atom stereocenters. The predicted molar refractivity (Wildman–Crippen MR) is 60.6 cm³/mol. The summed E-state index contributed by atoms with van der Waals surface area (Å²) in [6.45, 7) is 4.50. The molecule has 0 aromatic carbocycles. The third-order valence-electron chi connectivity index (χ3n) is 2.15.